The van der Waals surface area contributed by atoms with Gasteiger partial charge in [0.2, 0.25) is 0 Å². The molecule has 1 aromatic heterocycles. The highest BCUT2D eigenvalue weighted by Crippen LogP contribution is 2.42. The maximum atomic E-state index is 11.0. The molecule has 1 N–H and O–H groups in total. The molecular weight excluding hydrogens is 604 g/mol. The molecule has 9 heteroatoms. The van der Waals surface area contributed by atoms with Crippen LogP contribution in [0.1, 0.15) is 107 Å². The molecule has 3 unspecified atom stereocenters. The van der Waals surface area contributed by atoms with E-state index >= 15 is 0 Å². The second-order valence-electron chi connectivity index (χ2n) is 13.3. The van der Waals surface area contributed by atoms with E-state index in [0.717, 1.165) is 110 Å². The van der Waals surface area contributed by atoms with Crippen molar-refractivity contribution in [3.05, 3.63) is 46.2 Å². The molecule has 0 spiro atoms. The summed E-state index contributed by atoms with van der Waals surface area (Å²) in [5.41, 5.74) is 1.39. The van der Waals surface area contributed by atoms with Crippen molar-refractivity contribution < 1.29 is 38.3 Å². The Morgan fingerprint density at radius 2 is 1.63 bits per heavy atom. The van der Waals surface area contributed by atoms with Crippen molar-refractivity contribution in [1.82, 2.24) is 0 Å². The Labute approximate surface area is 279 Å². The summed E-state index contributed by atoms with van der Waals surface area (Å²) in [4.78, 5) is 12.4. The van der Waals surface area contributed by atoms with Crippen molar-refractivity contribution in [3.8, 4) is 0 Å². The molecule has 8 nitrogen and oxygen atoms in total. The summed E-state index contributed by atoms with van der Waals surface area (Å²) >= 11 is 1.80. The predicted molar refractivity (Wildman–Crippen MR) is 179 cm³/mol. The van der Waals surface area contributed by atoms with Gasteiger partial charge in [-0.1, -0.05) is 24.3 Å². The van der Waals surface area contributed by atoms with Gasteiger partial charge >= 0.3 is 5.97 Å². The Kier molecular flexibility index (Phi) is 15.1. The summed E-state index contributed by atoms with van der Waals surface area (Å²) in [6.45, 7) is 4.44. The zero-order valence-corrected chi connectivity index (χ0v) is 28.5. The lowest BCUT2D eigenvalue weighted by atomic mass is 9.89. The molecule has 0 radical (unpaired) electrons. The fourth-order valence-electron chi connectivity index (χ4n) is 7.18. The molecule has 4 aliphatic rings. The number of aryl methyl sites for hydroxylation is 2. The van der Waals surface area contributed by atoms with Gasteiger partial charge in [-0.05, 0) is 120 Å². The van der Waals surface area contributed by atoms with E-state index in [9.17, 15) is 4.79 Å². The predicted octanol–water partition coefficient (Wildman–Crippen LogP) is 8.12. The number of hydrogen-bond donors (Lipinski definition) is 1. The van der Waals surface area contributed by atoms with Crippen molar-refractivity contribution in [1.29, 1.82) is 0 Å². The Hall–Kier alpha value is -1.59. The van der Waals surface area contributed by atoms with Gasteiger partial charge < -0.3 is 33.5 Å². The Morgan fingerprint density at radius 3 is 2.24 bits per heavy atom. The molecule has 8 atom stereocenters. The summed E-state index contributed by atoms with van der Waals surface area (Å²) in [6.07, 6.45) is 22.8. The summed E-state index contributed by atoms with van der Waals surface area (Å²) in [5.74, 6) is -0.439. The van der Waals surface area contributed by atoms with E-state index in [0.29, 0.717) is 6.42 Å². The third-order valence-corrected chi connectivity index (χ3v) is 10.7. The van der Waals surface area contributed by atoms with Crippen LogP contribution in [0.5, 0.6) is 0 Å². The molecule has 0 bridgehead atoms. The van der Waals surface area contributed by atoms with Crippen LogP contribution in [0.2, 0.25) is 0 Å². The maximum absolute atomic E-state index is 11.0. The average Bonchev–Trinajstić information content (AvgIpc) is 3.63. The monoisotopic (exact) mass is 660 g/mol. The van der Waals surface area contributed by atoms with Crippen LogP contribution in [-0.4, -0.2) is 68.1 Å². The third-order valence-electron chi connectivity index (χ3n) is 9.81. The molecule has 3 saturated heterocycles. The second-order valence-corrected chi connectivity index (χ2v) is 14.4. The molecule has 4 fully saturated rings. The number of carboxylic acids is 1. The van der Waals surface area contributed by atoms with Crippen LogP contribution in [0.3, 0.4) is 0 Å². The van der Waals surface area contributed by atoms with Crippen molar-refractivity contribution in [3.63, 3.8) is 0 Å². The SMILES string of the molecule is Cc1sccc1CC[C@@H](/C=C/[C@@H]1[C@@H](C/C=C\CCCC(=O)O)[C@@H](OC2CCCCO2)C[C@H]1OC1CCCCO1)OC1CCCCO1. The topological polar surface area (TPSA) is 92.7 Å². The molecule has 1 saturated carbocycles. The van der Waals surface area contributed by atoms with Crippen molar-refractivity contribution in [2.24, 2.45) is 11.8 Å². The van der Waals surface area contributed by atoms with Gasteiger partial charge in [0.25, 0.3) is 0 Å². The molecular formula is C37H56O8S. The fourth-order valence-corrected chi connectivity index (χ4v) is 7.93. The standard InChI is InChI=1S/C37H56O8S/c1-27-28(21-25-46-27)17-18-29(43-35-14-6-9-22-40-35)19-20-31-30(12-4-2-3-5-13-34(38)39)32(44-36-15-7-10-23-41-36)26-33(31)45-37-16-8-11-24-42-37/h2,4,19-21,25,29-33,35-37H,3,5-18,22-24,26H2,1H3,(H,38,39)/b4-2-,20-19+/t29-,30+,31+,32-,33+,35?,36?,37?/m0/s1. The minimum Gasteiger partial charge on any atom is -0.481 e. The van der Waals surface area contributed by atoms with E-state index in [1.54, 1.807) is 11.3 Å². The Bertz CT molecular complexity index is 1070. The van der Waals surface area contributed by atoms with Crippen LogP contribution in [0.4, 0.5) is 0 Å². The average molecular weight is 661 g/mol. The Balaban J connectivity index is 1.34. The van der Waals surface area contributed by atoms with Crippen molar-refractivity contribution in [2.45, 2.75) is 147 Å². The lowest BCUT2D eigenvalue weighted by molar-refractivity contribution is -0.203. The van der Waals surface area contributed by atoms with E-state index in [1.165, 1.54) is 10.4 Å². The normalized spacial score (nSPS) is 31.5. The Morgan fingerprint density at radius 1 is 0.957 bits per heavy atom. The molecule has 1 aromatic rings. The molecule has 1 aliphatic carbocycles. The molecule has 0 amide bonds. The van der Waals surface area contributed by atoms with E-state index in [1.807, 2.05) is 0 Å². The summed E-state index contributed by atoms with van der Waals surface area (Å²) in [7, 11) is 0. The number of allylic oxidation sites excluding steroid dienone is 2. The highest BCUT2D eigenvalue weighted by atomic mass is 32.1. The first-order valence-corrected chi connectivity index (χ1v) is 18.8. The van der Waals surface area contributed by atoms with Crippen LogP contribution in [-0.2, 0) is 39.6 Å². The number of hydrogen-bond acceptors (Lipinski definition) is 8. The number of thiophene rings is 1. The summed E-state index contributed by atoms with van der Waals surface area (Å²) < 4.78 is 38.2. The van der Waals surface area contributed by atoms with Gasteiger partial charge in [0.15, 0.2) is 18.9 Å². The number of carbonyl (C=O) groups is 1. The van der Waals surface area contributed by atoms with Gasteiger partial charge in [0, 0.05) is 43.5 Å². The first kappa shape index (κ1) is 35.7. The lowest BCUT2D eigenvalue weighted by Crippen LogP contribution is -2.31. The van der Waals surface area contributed by atoms with E-state index in [4.69, 9.17) is 33.5 Å². The van der Waals surface area contributed by atoms with Crippen LogP contribution in [0.25, 0.3) is 0 Å². The number of carboxylic acid groups (broad SMARTS) is 1. The van der Waals surface area contributed by atoms with Gasteiger partial charge in [0.05, 0.1) is 18.3 Å². The fraction of sp³-hybridized carbons (Fsp3) is 0.757. The summed E-state index contributed by atoms with van der Waals surface area (Å²) in [6, 6.07) is 2.23. The first-order chi connectivity index (χ1) is 22.5. The van der Waals surface area contributed by atoms with Crippen molar-refractivity contribution >= 4 is 17.3 Å². The molecule has 0 aromatic carbocycles. The molecule has 5 rings (SSSR count). The van der Waals surface area contributed by atoms with Crippen molar-refractivity contribution in [2.75, 3.05) is 19.8 Å². The van der Waals surface area contributed by atoms with Crippen LogP contribution in [0, 0.1) is 18.8 Å². The largest absolute Gasteiger partial charge is 0.481 e. The van der Waals surface area contributed by atoms with E-state index < -0.39 is 5.97 Å². The number of ether oxygens (including phenoxy) is 6. The molecule has 4 heterocycles. The summed E-state index contributed by atoms with van der Waals surface area (Å²) in [5, 5.41) is 11.2. The smallest absolute Gasteiger partial charge is 0.303 e. The zero-order valence-electron chi connectivity index (χ0n) is 27.7. The maximum Gasteiger partial charge on any atom is 0.303 e. The van der Waals surface area contributed by atoms with Gasteiger partial charge in [-0.2, -0.15) is 0 Å². The van der Waals surface area contributed by atoms with E-state index in [-0.39, 0.29) is 55.4 Å². The minimum atomic E-state index is -0.746. The van der Waals surface area contributed by atoms with Crippen LogP contribution < -0.4 is 0 Å². The lowest BCUT2D eigenvalue weighted by Gasteiger charge is -2.30. The van der Waals surface area contributed by atoms with Gasteiger partial charge in [0.1, 0.15) is 0 Å². The number of unbranched alkanes of at least 4 members (excludes halogenated alkanes) is 1. The first-order valence-electron chi connectivity index (χ1n) is 17.9. The van der Waals surface area contributed by atoms with Gasteiger partial charge in [-0.3, -0.25) is 4.79 Å². The number of rotatable bonds is 17. The van der Waals surface area contributed by atoms with Gasteiger partial charge in [-0.15, -0.1) is 11.3 Å². The van der Waals surface area contributed by atoms with Gasteiger partial charge in [-0.25, -0.2) is 0 Å². The zero-order chi connectivity index (χ0) is 32.0. The third kappa shape index (κ3) is 11.5. The van der Waals surface area contributed by atoms with Crippen LogP contribution in [0.15, 0.2) is 35.8 Å². The highest BCUT2D eigenvalue weighted by molar-refractivity contribution is 7.10. The minimum absolute atomic E-state index is 0.00971. The number of aliphatic carboxylic acids is 1. The van der Waals surface area contributed by atoms with Crippen LogP contribution >= 0.6 is 11.3 Å². The second kappa shape index (κ2) is 19.4. The molecule has 46 heavy (non-hydrogen) atoms. The molecule has 258 valence electrons. The van der Waals surface area contributed by atoms with E-state index in [2.05, 4.69) is 42.7 Å². The quantitative estimate of drug-likeness (QED) is 0.132. The highest BCUT2D eigenvalue weighted by Gasteiger charge is 2.45. The molecule has 3 aliphatic heterocycles.